The molecule has 1 atom stereocenters. The molecule has 6 heteroatoms. The standard InChI is InChI=1S/C9H11N3O2S/c1-6(2)11-7(5-10)8-3-4-9(15-8)12(13)14/h3-4,6-7,11H,1-2H3. The molecule has 0 spiro atoms. The maximum absolute atomic E-state index is 10.5. The van der Waals surface area contributed by atoms with Crippen LogP contribution in [0.2, 0.25) is 0 Å². The van der Waals surface area contributed by atoms with Crippen LogP contribution in [0.4, 0.5) is 5.00 Å². The van der Waals surface area contributed by atoms with E-state index in [9.17, 15) is 10.1 Å². The largest absolute Gasteiger partial charge is 0.324 e. The molecule has 0 radical (unpaired) electrons. The van der Waals surface area contributed by atoms with E-state index in [4.69, 9.17) is 5.26 Å². The maximum Gasteiger partial charge on any atom is 0.324 e. The predicted octanol–water partition coefficient (Wildman–Crippen LogP) is 2.22. The molecule has 1 aromatic rings. The number of hydrogen-bond acceptors (Lipinski definition) is 5. The molecule has 15 heavy (non-hydrogen) atoms. The van der Waals surface area contributed by atoms with Gasteiger partial charge in [0.1, 0.15) is 6.04 Å². The second-order valence-corrected chi connectivity index (χ2v) is 4.41. The van der Waals surface area contributed by atoms with Gasteiger partial charge in [-0.05, 0) is 19.9 Å². The average molecular weight is 225 g/mol. The van der Waals surface area contributed by atoms with Crippen LogP contribution in [-0.4, -0.2) is 11.0 Å². The van der Waals surface area contributed by atoms with Crippen molar-refractivity contribution in [2.24, 2.45) is 0 Å². The van der Waals surface area contributed by atoms with Gasteiger partial charge in [-0.2, -0.15) is 5.26 Å². The molecule has 80 valence electrons. The van der Waals surface area contributed by atoms with Crippen molar-refractivity contribution in [3.8, 4) is 6.07 Å². The molecule has 0 amide bonds. The van der Waals surface area contributed by atoms with Crippen LogP contribution in [-0.2, 0) is 0 Å². The Kier molecular flexibility index (Phi) is 3.77. The topological polar surface area (TPSA) is 79.0 Å². The fourth-order valence-electron chi connectivity index (χ4n) is 1.11. The SMILES string of the molecule is CC(C)NC(C#N)c1ccc([N+](=O)[O-])s1. The van der Waals surface area contributed by atoms with Crippen molar-refractivity contribution in [2.45, 2.75) is 25.9 Å². The summed E-state index contributed by atoms with van der Waals surface area (Å²) in [6, 6.07) is 4.81. The molecule has 0 saturated heterocycles. The Morgan fingerprint density at radius 3 is 2.67 bits per heavy atom. The lowest BCUT2D eigenvalue weighted by Crippen LogP contribution is -2.26. The van der Waals surface area contributed by atoms with Crippen molar-refractivity contribution in [3.05, 3.63) is 27.1 Å². The number of nitriles is 1. The minimum absolute atomic E-state index is 0.0656. The Labute approximate surface area is 91.5 Å². The Balaban J connectivity index is 2.84. The van der Waals surface area contributed by atoms with Crippen molar-refractivity contribution in [2.75, 3.05) is 0 Å². The van der Waals surface area contributed by atoms with Crippen LogP contribution in [0.15, 0.2) is 12.1 Å². The lowest BCUT2D eigenvalue weighted by molar-refractivity contribution is -0.380. The van der Waals surface area contributed by atoms with E-state index < -0.39 is 11.0 Å². The van der Waals surface area contributed by atoms with Crippen LogP contribution in [0.5, 0.6) is 0 Å². The van der Waals surface area contributed by atoms with E-state index in [1.165, 1.54) is 6.07 Å². The molecule has 1 N–H and O–H groups in total. The van der Waals surface area contributed by atoms with E-state index in [0.29, 0.717) is 4.88 Å². The van der Waals surface area contributed by atoms with Crippen molar-refractivity contribution < 1.29 is 4.92 Å². The first-order chi connectivity index (χ1) is 7.04. The molecule has 0 saturated carbocycles. The average Bonchev–Trinajstić information content (AvgIpc) is 2.62. The van der Waals surface area contributed by atoms with Gasteiger partial charge in [-0.1, -0.05) is 11.3 Å². The molecule has 5 nitrogen and oxygen atoms in total. The Bertz CT molecular complexity index is 394. The van der Waals surface area contributed by atoms with Gasteiger partial charge < -0.3 is 0 Å². The van der Waals surface area contributed by atoms with Gasteiger partial charge in [-0.15, -0.1) is 0 Å². The van der Waals surface area contributed by atoms with E-state index in [2.05, 4.69) is 11.4 Å². The lowest BCUT2D eigenvalue weighted by Gasteiger charge is -2.11. The zero-order valence-electron chi connectivity index (χ0n) is 8.43. The monoisotopic (exact) mass is 225 g/mol. The van der Waals surface area contributed by atoms with Gasteiger partial charge in [0.2, 0.25) is 0 Å². The number of nitro groups is 1. The Morgan fingerprint density at radius 2 is 2.27 bits per heavy atom. The second-order valence-electron chi connectivity index (χ2n) is 3.32. The van der Waals surface area contributed by atoms with E-state index >= 15 is 0 Å². The zero-order chi connectivity index (χ0) is 11.4. The van der Waals surface area contributed by atoms with Crippen molar-refractivity contribution >= 4 is 16.3 Å². The van der Waals surface area contributed by atoms with Crippen molar-refractivity contribution in [1.29, 1.82) is 5.26 Å². The van der Waals surface area contributed by atoms with Gasteiger partial charge in [0.05, 0.1) is 11.0 Å². The molecule has 0 fully saturated rings. The highest BCUT2D eigenvalue weighted by Crippen LogP contribution is 2.28. The van der Waals surface area contributed by atoms with Crippen molar-refractivity contribution in [3.63, 3.8) is 0 Å². The molecule has 0 bridgehead atoms. The minimum Gasteiger partial charge on any atom is -0.295 e. The first-order valence-electron chi connectivity index (χ1n) is 4.44. The van der Waals surface area contributed by atoms with Gasteiger partial charge in [-0.25, -0.2) is 0 Å². The summed E-state index contributed by atoms with van der Waals surface area (Å²) in [6.45, 7) is 3.85. The second kappa shape index (κ2) is 4.87. The van der Waals surface area contributed by atoms with Crippen molar-refractivity contribution in [1.82, 2.24) is 5.32 Å². The summed E-state index contributed by atoms with van der Waals surface area (Å²) in [4.78, 5) is 10.7. The van der Waals surface area contributed by atoms with Crippen LogP contribution in [0.1, 0.15) is 24.8 Å². The summed E-state index contributed by atoms with van der Waals surface area (Å²) in [5, 5.41) is 22.5. The van der Waals surface area contributed by atoms with E-state index in [1.807, 2.05) is 13.8 Å². The highest BCUT2D eigenvalue weighted by molar-refractivity contribution is 7.15. The smallest absolute Gasteiger partial charge is 0.295 e. The fourth-order valence-corrected chi connectivity index (χ4v) is 1.94. The number of nitrogens with zero attached hydrogens (tertiary/aromatic N) is 2. The van der Waals surface area contributed by atoms with Crippen LogP contribution in [0.25, 0.3) is 0 Å². The zero-order valence-corrected chi connectivity index (χ0v) is 9.25. The highest BCUT2D eigenvalue weighted by atomic mass is 32.1. The quantitative estimate of drug-likeness (QED) is 0.629. The lowest BCUT2D eigenvalue weighted by atomic mass is 10.2. The van der Waals surface area contributed by atoms with Crippen LogP contribution >= 0.6 is 11.3 Å². The third-order valence-corrected chi connectivity index (χ3v) is 2.81. The Hall–Kier alpha value is -1.45. The predicted molar refractivity (Wildman–Crippen MR) is 57.6 cm³/mol. The van der Waals surface area contributed by atoms with Crippen LogP contribution in [0, 0.1) is 21.4 Å². The molecule has 1 aromatic heterocycles. The van der Waals surface area contributed by atoms with E-state index in [-0.39, 0.29) is 11.0 Å². The summed E-state index contributed by atoms with van der Waals surface area (Å²) in [5.41, 5.74) is 0. The molecule has 0 aliphatic carbocycles. The normalized spacial score (nSPS) is 12.4. The van der Waals surface area contributed by atoms with Gasteiger partial charge in [0.15, 0.2) is 0 Å². The Morgan fingerprint density at radius 1 is 1.60 bits per heavy atom. The molecule has 1 unspecified atom stereocenters. The third-order valence-electron chi connectivity index (χ3n) is 1.71. The van der Waals surface area contributed by atoms with Gasteiger partial charge in [-0.3, -0.25) is 15.4 Å². The summed E-state index contributed by atoms with van der Waals surface area (Å²) in [6.07, 6.45) is 0. The van der Waals surface area contributed by atoms with Gasteiger partial charge in [0, 0.05) is 17.0 Å². The number of rotatable bonds is 4. The van der Waals surface area contributed by atoms with E-state index in [0.717, 1.165) is 11.3 Å². The number of hydrogen-bond donors (Lipinski definition) is 1. The number of thiophene rings is 1. The molecule has 1 heterocycles. The fraction of sp³-hybridized carbons (Fsp3) is 0.444. The maximum atomic E-state index is 10.5. The molecule has 0 aromatic carbocycles. The van der Waals surface area contributed by atoms with Crippen LogP contribution in [0.3, 0.4) is 0 Å². The summed E-state index contributed by atoms with van der Waals surface area (Å²) >= 11 is 1.03. The summed E-state index contributed by atoms with van der Waals surface area (Å²) in [5.74, 6) is 0. The highest BCUT2D eigenvalue weighted by Gasteiger charge is 2.17. The molecule has 0 aliphatic rings. The third kappa shape index (κ3) is 3.01. The van der Waals surface area contributed by atoms with Crippen LogP contribution < -0.4 is 5.32 Å². The summed E-state index contributed by atoms with van der Waals surface area (Å²) < 4.78 is 0. The molecular weight excluding hydrogens is 214 g/mol. The van der Waals surface area contributed by atoms with Gasteiger partial charge in [0.25, 0.3) is 0 Å². The molecular formula is C9H11N3O2S. The molecule has 0 aliphatic heterocycles. The van der Waals surface area contributed by atoms with Gasteiger partial charge >= 0.3 is 5.00 Å². The number of nitrogens with one attached hydrogen (secondary N) is 1. The first-order valence-corrected chi connectivity index (χ1v) is 5.26. The molecule has 1 rings (SSSR count). The first kappa shape index (κ1) is 11.6. The van der Waals surface area contributed by atoms with E-state index in [1.54, 1.807) is 6.07 Å². The summed E-state index contributed by atoms with van der Waals surface area (Å²) in [7, 11) is 0. The minimum atomic E-state index is -0.469.